The van der Waals surface area contributed by atoms with Crippen LogP contribution in [-0.4, -0.2) is 27.4 Å². The Labute approximate surface area is 115 Å². The molecule has 0 aromatic carbocycles. The van der Waals surface area contributed by atoms with Gasteiger partial charge in [0.2, 0.25) is 0 Å². The van der Waals surface area contributed by atoms with Crippen LogP contribution in [0, 0.1) is 0 Å². The molecule has 94 valence electrons. The maximum Gasteiger partial charge on any atom is 0.138 e. The summed E-state index contributed by atoms with van der Waals surface area (Å²) >= 11 is 7.28. The van der Waals surface area contributed by atoms with Crippen molar-refractivity contribution >= 4 is 39.4 Å². The van der Waals surface area contributed by atoms with E-state index < -0.39 is 0 Å². The van der Waals surface area contributed by atoms with E-state index in [0.717, 1.165) is 27.5 Å². The molecule has 2 aromatic rings. The highest BCUT2D eigenvalue weighted by Crippen LogP contribution is 2.28. The molecule has 0 aliphatic carbocycles. The van der Waals surface area contributed by atoms with Gasteiger partial charge in [0.1, 0.15) is 5.65 Å². The second kappa shape index (κ2) is 6.61. The van der Waals surface area contributed by atoms with Crippen LogP contribution in [0.25, 0.3) is 11.0 Å². The van der Waals surface area contributed by atoms with E-state index in [1.807, 2.05) is 31.3 Å². The zero-order valence-corrected chi connectivity index (χ0v) is 11.6. The number of fused-ring (bicyclic) bond motifs is 1. The number of hydrogen-bond acceptors (Lipinski definition) is 3. The summed E-state index contributed by atoms with van der Waals surface area (Å²) in [5.74, 6) is 0.499. The van der Waals surface area contributed by atoms with Crippen LogP contribution in [-0.2, 0) is 0 Å². The maximum absolute atomic E-state index is 5.66. The number of alkyl halides is 1. The first-order chi connectivity index (χ1) is 8.85. The Kier molecular flexibility index (Phi) is 4.84. The lowest BCUT2D eigenvalue weighted by Gasteiger charge is -1.99. The zero-order chi connectivity index (χ0) is 12.8. The second-order valence-electron chi connectivity index (χ2n) is 3.52. The second-order valence-corrected chi connectivity index (χ2v) is 4.89. The molecule has 0 aliphatic rings. The quantitative estimate of drug-likeness (QED) is 0.399. The fourth-order valence-electron chi connectivity index (χ4n) is 1.55. The van der Waals surface area contributed by atoms with Crippen molar-refractivity contribution < 1.29 is 0 Å². The number of nitrogens with zero attached hydrogens (tertiary/aromatic N) is 2. The van der Waals surface area contributed by atoms with Crippen molar-refractivity contribution in [2.45, 2.75) is 11.8 Å². The van der Waals surface area contributed by atoms with Crippen LogP contribution in [0.1, 0.15) is 6.92 Å². The SMILES string of the molecule is CCN=C(/C=C\CCl)Sc1c[nH]c2ncccc12. The number of pyridine rings is 1. The summed E-state index contributed by atoms with van der Waals surface area (Å²) in [4.78, 5) is 13.0. The molecule has 0 unspecified atom stereocenters. The van der Waals surface area contributed by atoms with Crippen LogP contribution in [0.2, 0.25) is 0 Å². The van der Waals surface area contributed by atoms with E-state index in [4.69, 9.17) is 11.6 Å². The number of H-pyrrole nitrogens is 1. The summed E-state index contributed by atoms with van der Waals surface area (Å²) in [5.41, 5.74) is 0.900. The van der Waals surface area contributed by atoms with E-state index in [1.54, 1.807) is 18.0 Å². The Morgan fingerprint density at radius 3 is 3.28 bits per heavy atom. The minimum absolute atomic E-state index is 0.499. The molecule has 0 fully saturated rings. The van der Waals surface area contributed by atoms with Crippen LogP contribution < -0.4 is 0 Å². The fourth-order valence-corrected chi connectivity index (χ4v) is 2.61. The summed E-state index contributed by atoms with van der Waals surface area (Å²) in [6, 6.07) is 3.99. The van der Waals surface area contributed by atoms with Crippen molar-refractivity contribution in [1.29, 1.82) is 0 Å². The third kappa shape index (κ3) is 3.15. The normalized spacial score (nSPS) is 12.7. The number of hydrogen-bond donors (Lipinski definition) is 1. The van der Waals surface area contributed by atoms with Gasteiger partial charge in [-0.25, -0.2) is 4.98 Å². The third-order valence-electron chi connectivity index (χ3n) is 2.29. The van der Waals surface area contributed by atoms with Crippen molar-refractivity contribution in [3.8, 4) is 0 Å². The molecule has 0 bridgehead atoms. The number of aromatic amines is 1. The largest absolute Gasteiger partial charge is 0.345 e. The molecule has 0 saturated carbocycles. The number of aliphatic imine (C=N–C) groups is 1. The van der Waals surface area contributed by atoms with Crippen LogP contribution in [0.5, 0.6) is 0 Å². The Bertz CT molecular complexity index is 574. The first-order valence-electron chi connectivity index (χ1n) is 5.72. The predicted octanol–water partition coefficient (Wildman–Crippen LogP) is 3.87. The molecule has 2 heterocycles. The molecule has 0 radical (unpaired) electrons. The first-order valence-corrected chi connectivity index (χ1v) is 7.07. The highest BCUT2D eigenvalue weighted by molar-refractivity contribution is 8.14. The average molecular weight is 280 g/mol. The van der Waals surface area contributed by atoms with E-state index >= 15 is 0 Å². The molecule has 5 heteroatoms. The summed E-state index contributed by atoms with van der Waals surface area (Å²) in [5, 5.41) is 2.08. The van der Waals surface area contributed by atoms with E-state index in [1.165, 1.54) is 0 Å². The molecule has 0 aliphatic heterocycles. The molecule has 18 heavy (non-hydrogen) atoms. The molecule has 2 aromatic heterocycles. The Morgan fingerprint density at radius 1 is 1.61 bits per heavy atom. The lowest BCUT2D eigenvalue weighted by Crippen LogP contribution is -1.88. The first kappa shape index (κ1) is 13.2. The van der Waals surface area contributed by atoms with Gasteiger partial charge < -0.3 is 4.98 Å². The van der Waals surface area contributed by atoms with Gasteiger partial charge in [-0.1, -0.05) is 17.8 Å². The number of nitrogens with one attached hydrogen (secondary N) is 1. The van der Waals surface area contributed by atoms with Crippen LogP contribution in [0.4, 0.5) is 0 Å². The van der Waals surface area contributed by atoms with E-state index in [9.17, 15) is 0 Å². The predicted molar refractivity (Wildman–Crippen MR) is 79.8 cm³/mol. The summed E-state index contributed by atoms with van der Waals surface area (Å²) in [7, 11) is 0. The minimum atomic E-state index is 0.499. The summed E-state index contributed by atoms with van der Waals surface area (Å²) < 4.78 is 0. The van der Waals surface area contributed by atoms with E-state index in [-0.39, 0.29) is 0 Å². The van der Waals surface area contributed by atoms with Gasteiger partial charge in [0, 0.05) is 35.1 Å². The van der Waals surface area contributed by atoms with Gasteiger partial charge in [-0.15, -0.1) is 11.6 Å². The van der Waals surface area contributed by atoms with Gasteiger partial charge in [0.05, 0.1) is 5.04 Å². The molecular formula is C13H14ClN3S. The topological polar surface area (TPSA) is 41.0 Å². The molecule has 0 amide bonds. The Morgan fingerprint density at radius 2 is 2.50 bits per heavy atom. The van der Waals surface area contributed by atoms with Crippen molar-refractivity contribution in [3.05, 3.63) is 36.7 Å². The Balaban J connectivity index is 2.26. The number of thioether (sulfide) groups is 1. The van der Waals surface area contributed by atoms with Gasteiger partial charge in [-0.3, -0.25) is 4.99 Å². The monoisotopic (exact) mass is 279 g/mol. The van der Waals surface area contributed by atoms with Gasteiger partial charge in [-0.05, 0) is 25.1 Å². The van der Waals surface area contributed by atoms with Crippen LogP contribution >= 0.6 is 23.4 Å². The smallest absolute Gasteiger partial charge is 0.138 e. The molecule has 0 saturated heterocycles. The number of aromatic nitrogens is 2. The van der Waals surface area contributed by atoms with Gasteiger partial charge >= 0.3 is 0 Å². The molecule has 2 rings (SSSR count). The molecule has 1 N–H and O–H groups in total. The van der Waals surface area contributed by atoms with Crippen molar-refractivity contribution in [3.63, 3.8) is 0 Å². The summed E-state index contributed by atoms with van der Waals surface area (Å²) in [6.07, 6.45) is 7.59. The highest BCUT2D eigenvalue weighted by Gasteiger charge is 2.06. The van der Waals surface area contributed by atoms with Crippen molar-refractivity contribution in [1.82, 2.24) is 9.97 Å². The number of rotatable bonds is 4. The molecular weight excluding hydrogens is 266 g/mol. The molecule has 0 atom stereocenters. The number of halogens is 1. The maximum atomic E-state index is 5.66. The summed E-state index contributed by atoms with van der Waals surface area (Å²) in [6.45, 7) is 2.78. The lowest BCUT2D eigenvalue weighted by atomic mass is 10.3. The van der Waals surface area contributed by atoms with Crippen LogP contribution in [0.3, 0.4) is 0 Å². The minimum Gasteiger partial charge on any atom is -0.345 e. The number of allylic oxidation sites excluding steroid dienone is 1. The lowest BCUT2D eigenvalue weighted by molar-refractivity contribution is 1.14. The van der Waals surface area contributed by atoms with Crippen molar-refractivity contribution in [2.75, 3.05) is 12.4 Å². The van der Waals surface area contributed by atoms with E-state index in [0.29, 0.717) is 5.88 Å². The van der Waals surface area contributed by atoms with Crippen LogP contribution in [0.15, 0.2) is 46.6 Å². The van der Waals surface area contributed by atoms with Crippen molar-refractivity contribution in [2.24, 2.45) is 4.99 Å². The highest BCUT2D eigenvalue weighted by atomic mass is 35.5. The zero-order valence-electron chi connectivity index (χ0n) is 10.1. The standard InChI is InChI=1S/C13H14ClN3S/c1-2-15-12(6-3-7-14)18-11-9-17-13-10(11)5-4-8-16-13/h3-6,8-9H,2,7H2,1H3,(H,16,17)/b6-3-,15-12?. The van der Waals surface area contributed by atoms with Gasteiger partial charge in [0.15, 0.2) is 0 Å². The fraction of sp³-hybridized carbons (Fsp3) is 0.231. The molecule has 0 spiro atoms. The Hall–Kier alpha value is -1.26. The molecule has 3 nitrogen and oxygen atoms in total. The van der Waals surface area contributed by atoms with Gasteiger partial charge in [-0.2, -0.15) is 0 Å². The third-order valence-corrected chi connectivity index (χ3v) is 3.50. The van der Waals surface area contributed by atoms with Gasteiger partial charge in [0.25, 0.3) is 0 Å². The average Bonchev–Trinajstić information content (AvgIpc) is 2.80. The van der Waals surface area contributed by atoms with E-state index in [2.05, 4.69) is 21.0 Å².